The summed E-state index contributed by atoms with van der Waals surface area (Å²) in [6.07, 6.45) is 6.59. The van der Waals surface area contributed by atoms with Crippen molar-refractivity contribution in [3.63, 3.8) is 0 Å². The Morgan fingerprint density at radius 1 is 1.19 bits per heavy atom. The van der Waals surface area contributed by atoms with Gasteiger partial charge >= 0.3 is 5.97 Å². The molecule has 0 aliphatic carbocycles. The zero-order chi connectivity index (χ0) is 22.0. The van der Waals surface area contributed by atoms with Crippen LogP contribution >= 0.6 is 23.4 Å². The standard InChI is InChI=1S/C24H23ClN2O3S/c1-26-12-10-17-14-19(6-7-21(17)26)31-22-8-4-16(13-20(22)25)5-9-23(28)27-11-2-3-18(15-27)24(29)30/h4-10,12-14,18H,2-3,11,15H2,1H3,(H,29,30). The summed E-state index contributed by atoms with van der Waals surface area (Å²) >= 11 is 8.10. The van der Waals surface area contributed by atoms with Crippen LogP contribution in [0, 0.1) is 5.92 Å². The lowest BCUT2D eigenvalue weighted by molar-refractivity contribution is -0.144. The molecule has 1 aliphatic rings. The Hall–Kier alpha value is -2.70. The molecule has 1 amide bonds. The first-order valence-electron chi connectivity index (χ1n) is 10.1. The third-order valence-electron chi connectivity index (χ3n) is 5.54. The Morgan fingerprint density at radius 2 is 2.03 bits per heavy atom. The molecule has 1 aromatic heterocycles. The second-order valence-electron chi connectivity index (χ2n) is 7.73. The number of aryl methyl sites for hydroxylation is 1. The summed E-state index contributed by atoms with van der Waals surface area (Å²) in [7, 11) is 2.03. The van der Waals surface area contributed by atoms with Gasteiger partial charge in [-0.1, -0.05) is 29.4 Å². The fourth-order valence-electron chi connectivity index (χ4n) is 3.81. The van der Waals surface area contributed by atoms with Gasteiger partial charge in [0.2, 0.25) is 5.91 Å². The fourth-order valence-corrected chi connectivity index (χ4v) is 4.98. The van der Waals surface area contributed by atoms with Gasteiger partial charge < -0.3 is 14.6 Å². The van der Waals surface area contributed by atoms with Crippen LogP contribution in [0.5, 0.6) is 0 Å². The van der Waals surface area contributed by atoms with Gasteiger partial charge in [-0.3, -0.25) is 9.59 Å². The van der Waals surface area contributed by atoms with Gasteiger partial charge in [0.1, 0.15) is 0 Å². The number of rotatable bonds is 5. The lowest BCUT2D eigenvalue weighted by Crippen LogP contribution is -2.41. The van der Waals surface area contributed by atoms with Gasteiger partial charge in [-0.05, 0) is 60.9 Å². The number of halogens is 1. The molecule has 2 heterocycles. The SMILES string of the molecule is Cn1ccc2cc(Sc3ccc(C=CC(=O)N4CCCC(C(=O)O)C4)cc3Cl)ccc21. The number of likely N-dealkylation sites (tertiary alicyclic amines) is 1. The Labute approximate surface area is 190 Å². The van der Waals surface area contributed by atoms with Crippen molar-refractivity contribution in [1.82, 2.24) is 9.47 Å². The molecule has 7 heteroatoms. The minimum absolute atomic E-state index is 0.170. The molecule has 2 aromatic carbocycles. The van der Waals surface area contributed by atoms with E-state index in [-0.39, 0.29) is 12.5 Å². The van der Waals surface area contributed by atoms with Crippen molar-refractivity contribution in [1.29, 1.82) is 0 Å². The van der Waals surface area contributed by atoms with Crippen LogP contribution in [0.2, 0.25) is 5.02 Å². The second-order valence-corrected chi connectivity index (χ2v) is 9.26. The van der Waals surface area contributed by atoms with Gasteiger partial charge in [0.15, 0.2) is 0 Å². The first kappa shape index (κ1) is 21.5. The van der Waals surface area contributed by atoms with Crippen LogP contribution in [0.25, 0.3) is 17.0 Å². The molecule has 0 saturated carbocycles. The molecule has 4 rings (SSSR count). The zero-order valence-corrected chi connectivity index (χ0v) is 18.7. The van der Waals surface area contributed by atoms with Crippen LogP contribution in [0.4, 0.5) is 0 Å². The van der Waals surface area contributed by atoms with E-state index >= 15 is 0 Å². The first-order chi connectivity index (χ1) is 14.9. The number of aromatic nitrogens is 1. The molecule has 0 bridgehead atoms. The number of benzene rings is 2. The number of carboxylic acids is 1. The Balaban J connectivity index is 1.43. The van der Waals surface area contributed by atoms with Gasteiger partial charge in [0.25, 0.3) is 0 Å². The third kappa shape index (κ3) is 4.97. The largest absolute Gasteiger partial charge is 0.481 e. The van der Waals surface area contributed by atoms with Crippen LogP contribution in [0.1, 0.15) is 18.4 Å². The van der Waals surface area contributed by atoms with Crippen LogP contribution in [0.15, 0.2) is 64.5 Å². The van der Waals surface area contributed by atoms with Crippen molar-refractivity contribution < 1.29 is 14.7 Å². The Bertz CT molecular complexity index is 1170. The molecule has 0 spiro atoms. The average Bonchev–Trinajstić information content (AvgIpc) is 3.14. The zero-order valence-electron chi connectivity index (χ0n) is 17.1. The van der Waals surface area contributed by atoms with Gasteiger partial charge in [0, 0.05) is 53.1 Å². The summed E-state index contributed by atoms with van der Waals surface area (Å²) in [5.41, 5.74) is 2.01. The van der Waals surface area contributed by atoms with Crippen molar-refractivity contribution in [3.8, 4) is 0 Å². The van der Waals surface area contributed by atoms with E-state index in [2.05, 4.69) is 28.8 Å². The number of carboxylic acid groups (broad SMARTS) is 1. The van der Waals surface area contributed by atoms with Crippen molar-refractivity contribution in [2.75, 3.05) is 13.1 Å². The van der Waals surface area contributed by atoms with E-state index in [4.69, 9.17) is 11.6 Å². The van der Waals surface area contributed by atoms with E-state index in [9.17, 15) is 14.7 Å². The van der Waals surface area contributed by atoms with Crippen LogP contribution < -0.4 is 0 Å². The lowest BCUT2D eigenvalue weighted by atomic mass is 9.98. The molecule has 1 fully saturated rings. The van der Waals surface area contributed by atoms with Crippen molar-refractivity contribution in [3.05, 3.63) is 65.3 Å². The van der Waals surface area contributed by atoms with E-state index in [1.165, 1.54) is 17.0 Å². The van der Waals surface area contributed by atoms with Gasteiger partial charge in [-0.15, -0.1) is 0 Å². The fraction of sp³-hybridized carbons (Fsp3) is 0.250. The number of hydrogen-bond donors (Lipinski definition) is 1. The molecule has 1 unspecified atom stereocenters. The second kappa shape index (κ2) is 9.20. The smallest absolute Gasteiger partial charge is 0.308 e. The van der Waals surface area contributed by atoms with Gasteiger partial charge in [-0.25, -0.2) is 0 Å². The number of fused-ring (bicyclic) bond motifs is 1. The predicted molar refractivity (Wildman–Crippen MR) is 124 cm³/mol. The summed E-state index contributed by atoms with van der Waals surface area (Å²) in [5.74, 6) is -1.49. The first-order valence-corrected chi connectivity index (χ1v) is 11.3. The maximum Gasteiger partial charge on any atom is 0.308 e. The maximum absolute atomic E-state index is 12.4. The molecule has 1 atom stereocenters. The summed E-state index contributed by atoms with van der Waals surface area (Å²) in [5, 5.41) is 11.0. The lowest BCUT2D eigenvalue weighted by Gasteiger charge is -2.29. The highest BCUT2D eigenvalue weighted by Gasteiger charge is 2.27. The topological polar surface area (TPSA) is 62.5 Å². The van der Waals surface area contributed by atoms with Gasteiger partial charge in [-0.2, -0.15) is 0 Å². The third-order valence-corrected chi connectivity index (χ3v) is 7.03. The minimum atomic E-state index is -0.840. The van der Waals surface area contributed by atoms with Crippen LogP contribution in [-0.4, -0.2) is 39.5 Å². The normalized spacial score (nSPS) is 16.8. The Morgan fingerprint density at radius 3 is 2.81 bits per heavy atom. The molecule has 1 saturated heterocycles. The number of aliphatic carboxylic acids is 1. The number of hydrogen-bond acceptors (Lipinski definition) is 3. The summed E-state index contributed by atoms with van der Waals surface area (Å²) in [4.78, 5) is 27.3. The van der Waals surface area contributed by atoms with Crippen molar-refractivity contribution in [2.24, 2.45) is 13.0 Å². The molecular formula is C24H23ClN2O3S. The van der Waals surface area contributed by atoms with E-state index in [0.717, 1.165) is 15.4 Å². The molecular weight excluding hydrogens is 432 g/mol. The average molecular weight is 455 g/mol. The van der Waals surface area contributed by atoms with E-state index in [0.29, 0.717) is 24.4 Å². The Kier molecular flexibility index (Phi) is 6.39. The monoisotopic (exact) mass is 454 g/mol. The maximum atomic E-state index is 12.4. The number of amides is 1. The van der Waals surface area contributed by atoms with E-state index in [1.54, 1.807) is 22.7 Å². The molecule has 5 nitrogen and oxygen atoms in total. The summed E-state index contributed by atoms with van der Waals surface area (Å²) < 4.78 is 2.09. The van der Waals surface area contributed by atoms with E-state index < -0.39 is 11.9 Å². The molecule has 1 aliphatic heterocycles. The predicted octanol–water partition coefficient (Wildman–Crippen LogP) is 5.32. The number of carbonyl (C=O) groups excluding carboxylic acids is 1. The van der Waals surface area contributed by atoms with Crippen LogP contribution in [0.3, 0.4) is 0 Å². The number of nitrogens with zero attached hydrogens (tertiary/aromatic N) is 2. The highest BCUT2D eigenvalue weighted by Crippen LogP contribution is 2.35. The summed E-state index contributed by atoms with van der Waals surface area (Å²) in [6.45, 7) is 0.857. The molecule has 0 radical (unpaired) electrons. The van der Waals surface area contributed by atoms with Crippen molar-refractivity contribution >= 4 is 52.2 Å². The minimum Gasteiger partial charge on any atom is -0.481 e. The summed E-state index contributed by atoms with van der Waals surface area (Å²) in [6, 6.07) is 14.1. The quantitative estimate of drug-likeness (QED) is 0.530. The van der Waals surface area contributed by atoms with Gasteiger partial charge in [0.05, 0.1) is 10.9 Å². The van der Waals surface area contributed by atoms with Crippen LogP contribution in [-0.2, 0) is 16.6 Å². The van der Waals surface area contributed by atoms with E-state index in [1.807, 2.05) is 31.4 Å². The molecule has 3 aromatic rings. The molecule has 1 N–H and O–H groups in total. The number of carbonyl (C=O) groups is 2. The highest BCUT2D eigenvalue weighted by atomic mass is 35.5. The van der Waals surface area contributed by atoms with Crippen molar-refractivity contribution in [2.45, 2.75) is 22.6 Å². The molecule has 31 heavy (non-hydrogen) atoms. The molecule has 160 valence electrons. The highest BCUT2D eigenvalue weighted by molar-refractivity contribution is 7.99. The number of piperidine rings is 1.